The van der Waals surface area contributed by atoms with E-state index in [0.29, 0.717) is 76.5 Å². The minimum atomic E-state index is -0.531. The molecule has 0 atom stereocenters. The molecule has 0 fully saturated rings. The number of methoxy groups -OCH3 is 1. The molecule has 1 heterocycles. The fourth-order valence-corrected chi connectivity index (χ4v) is 8.32. The number of nitro groups is 1. The number of hydrogen-bond donors (Lipinski definition) is 2. The number of non-ortho nitro benzene ring substituents is 1. The van der Waals surface area contributed by atoms with Crippen molar-refractivity contribution >= 4 is 28.3 Å². The van der Waals surface area contributed by atoms with Gasteiger partial charge in [-0.25, -0.2) is 4.63 Å². The molecule has 65 heavy (non-hydrogen) atoms. The maximum Gasteiger partial charge on any atom is 0.300 e. The van der Waals surface area contributed by atoms with Gasteiger partial charge in [0, 0.05) is 57.5 Å². The number of ether oxygens (including phenoxy) is 5. The van der Waals surface area contributed by atoms with Crippen LogP contribution in [0.2, 0.25) is 0 Å². The van der Waals surface area contributed by atoms with E-state index in [-0.39, 0.29) is 29.2 Å². The van der Waals surface area contributed by atoms with E-state index in [2.05, 4.69) is 97.2 Å². The van der Waals surface area contributed by atoms with Gasteiger partial charge in [-0.1, -0.05) is 64.1 Å². The Balaban J connectivity index is 1.34. The zero-order valence-electron chi connectivity index (χ0n) is 38.1. The van der Waals surface area contributed by atoms with Crippen LogP contribution in [0.3, 0.4) is 0 Å². The number of carbonyl (C=O) groups excluding carboxylic acids is 1. The van der Waals surface area contributed by atoms with Crippen LogP contribution in [0.15, 0.2) is 77.4 Å². The molecule has 2 N–H and O–H groups in total. The highest BCUT2D eigenvalue weighted by Gasteiger charge is 2.25. The third kappa shape index (κ3) is 11.0. The summed E-state index contributed by atoms with van der Waals surface area (Å²) in [4.78, 5) is 25.2. The van der Waals surface area contributed by atoms with E-state index in [4.69, 9.17) is 28.3 Å². The highest BCUT2D eigenvalue weighted by atomic mass is 16.6. The lowest BCUT2D eigenvalue weighted by Gasteiger charge is -2.24. The molecule has 0 aliphatic heterocycles. The van der Waals surface area contributed by atoms with E-state index in [0.717, 1.165) is 98.8 Å². The van der Waals surface area contributed by atoms with E-state index < -0.39 is 4.92 Å². The molecule has 6 aromatic rings. The Bertz CT molecular complexity index is 2500. The van der Waals surface area contributed by atoms with E-state index in [1.54, 1.807) is 13.2 Å². The number of amides is 1. The quantitative estimate of drug-likeness (QED) is 0.0423. The number of hydrogen-bond acceptors (Lipinski definition) is 12. The first kappa shape index (κ1) is 46.3. The number of benzene rings is 5. The maximum atomic E-state index is 14.3. The number of aromatic nitrogens is 2. The van der Waals surface area contributed by atoms with Gasteiger partial charge in [-0.05, 0) is 116 Å². The standard InChI is InChI=1S/C51H59N5O9/c1-6-20-61-47-34-12-10-14-36(47)28-40-30-42(51(57)53-19-18-52-43-16-17-44(56(58)59)46-45(43)54-65-55-46)31-41(50(40)64-23-9-4)29-37-15-11-13-35(48(37)62-21-7-2)27-39-25-33(32-60-5)24-38(26-34)49(39)63-22-8-3/h10-17,24-25,30-31,52H,6-9,18-23,26-29,32H2,1-5H3,(H,53,57). The number of rotatable bonds is 20. The number of carbonyl (C=O) groups is 1. The smallest absolute Gasteiger partial charge is 0.300 e. The van der Waals surface area contributed by atoms with Gasteiger partial charge in [0.25, 0.3) is 5.91 Å². The topological polar surface area (TPSA) is 169 Å². The molecule has 0 saturated carbocycles. The van der Waals surface area contributed by atoms with E-state index >= 15 is 0 Å². The molecule has 14 heteroatoms. The summed E-state index contributed by atoms with van der Waals surface area (Å²) in [5.74, 6) is 2.98. The lowest BCUT2D eigenvalue weighted by atomic mass is 9.89. The Hall–Kier alpha value is -6.67. The molecular formula is C51H59N5O9. The molecule has 14 nitrogen and oxygen atoms in total. The summed E-state index contributed by atoms with van der Waals surface area (Å²) in [5.41, 5.74) is 9.98. The Kier molecular flexibility index (Phi) is 15.9. The maximum absolute atomic E-state index is 14.3. The molecule has 5 aromatic carbocycles. The fraction of sp³-hybridized carbons (Fsp3) is 0.392. The predicted molar refractivity (Wildman–Crippen MR) is 250 cm³/mol. The van der Waals surface area contributed by atoms with Crippen molar-refractivity contribution in [1.29, 1.82) is 0 Å². The van der Waals surface area contributed by atoms with Gasteiger partial charge in [0.2, 0.25) is 5.52 Å². The minimum absolute atomic E-state index is 0.0463. The average Bonchev–Trinajstić information content (AvgIpc) is 3.80. The van der Waals surface area contributed by atoms with Gasteiger partial charge in [0.1, 0.15) is 23.0 Å². The van der Waals surface area contributed by atoms with E-state index in [9.17, 15) is 14.9 Å². The fourth-order valence-electron chi connectivity index (χ4n) is 8.32. The molecule has 1 aliphatic rings. The Morgan fingerprint density at radius 1 is 0.631 bits per heavy atom. The summed E-state index contributed by atoms with van der Waals surface area (Å²) in [7, 11) is 1.72. The number of fused-ring (bicyclic) bond motifs is 9. The second kappa shape index (κ2) is 22.3. The van der Waals surface area contributed by atoms with Crippen LogP contribution in [0.4, 0.5) is 11.4 Å². The molecule has 7 rings (SSSR count). The van der Waals surface area contributed by atoms with Crippen LogP contribution in [0.1, 0.15) is 114 Å². The van der Waals surface area contributed by atoms with Crippen LogP contribution in [0.5, 0.6) is 23.0 Å². The number of nitro benzene ring substituents is 1. The van der Waals surface area contributed by atoms with Gasteiger partial charge in [-0.2, -0.15) is 0 Å². The van der Waals surface area contributed by atoms with Crippen LogP contribution in [-0.4, -0.2) is 67.8 Å². The lowest BCUT2D eigenvalue weighted by Crippen LogP contribution is -2.29. The molecular weight excluding hydrogens is 827 g/mol. The molecule has 1 amide bonds. The second-order valence-corrected chi connectivity index (χ2v) is 16.2. The molecule has 1 aromatic heterocycles. The summed E-state index contributed by atoms with van der Waals surface area (Å²) in [6.07, 6.45) is 5.33. The van der Waals surface area contributed by atoms with Crippen LogP contribution in [0.25, 0.3) is 11.0 Å². The SMILES string of the molecule is CCCOc1c2cccc1Cc1cc(C(=O)NCCNc3ccc([N+](=O)[O-])c4nonc34)cc(c1OCCC)Cc1cccc(c1OCCC)Cc1cc(COC)cc(c1OCCC)C2. The van der Waals surface area contributed by atoms with Gasteiger partial charge in [0.15, 0.2) is 5.52 Å². The lowest BCUT2D eigenvalue weighted by molar-refractivity contribution is -0.383. The minimum Gasteiger partial charge on any atom is -0.493 e. The van der Waals surface area contributed by atoms with Crippen molar-refractivity contribution in [3.8, 4) is 23.0 Å². The predicted octanol–water partition coefficient (Wildman–Crippen LogP) is 9.95. The third-order valence-electron chi connectivity index (χ3n) is 11.1. The average molecular weight is 886 g/mol. The molecule has 0 saturated heterocycles. The second-order valence-electron chi connectivity index (χ2n) is 16.2. The number of anilines is 1. The summed E-state index contributed by atoms with van der Waals surface area (Å²) in [6, 6.07) is 23.8. The van der Waals surface area contributed by atoms with Crippen molar-refractivity contribution in [3.05, 3.63) is 139 Å². The molecule has 8 bridgehead atoms. The number of nitrogens with zero attached hydrogens (tertiary/aromatic N) is 3. The molecule has 0 spiro atoms. The summed E-state index contributed by atoms with van der Waals surface area (Å²) in [6.45, 7) is 11.5. The highest BCUT2D eigenvalue weighted by molar-refractivity contribution is 5.95. The van der Waals surface area contributed by atoms with Crippen molar-refractivity contribution in [3.63, 3.8) is 0 Å². The highest BCUT2D eigenvalue weighted by Crippen LogP contribution is 2.40. The van der Waals surface area contributed by atoms with Crippen molar-refractivity contribution in [2.45, 2.75) is 85.7 Å². The normalized spacial score (nSPS) is 12.1. The summed E-state index contributed by atoms with van der Waals surface area (Å²) >= 11 is 0. The van der Waals surface area contributed by atoms with E-state index in [1.165, 1.54) is 6.07 Å². The molecule has 0 radical (unpaired) electrons. The Morgan fingerprint density at radius 3 is 1.52 bits per heavy atom. The molecule has 342 valence electrons. The van der Waals surface area contributed by atoms with Crippen molar-refractivity contribution < 1.29 is 38.0 Å². The van der Waals surface area contributed by atoms with Crippen LogP contribution < -0.4 is 29.6 Å². The number of nitrogens with one attached hydrogen (secondary N) is 2. The van der Waals surface area contributed by atoms with Crippen LogP contribution in [0, 0.1) is 10.1 Å². The monoisotopic (exact) mass is 885 g/mol. The van der Waals surface area contributed by atoms with Crippen molar-refractivity contribution in [1.82, 2.24) is 15.6 Å². The number of para-hydroxylation sites is 2. The Morgan fingerprint density at radius 2 is 1.08 bits per heavy atom. The Labute approximate surface area is 380 Å². The molecule has 1 aliphatic carbocycles. The zero-order chi connectivity index (χ0) is 45.7. The van der Waals surface area contributed by atoms with Crippen LogP contribution >= 0.6 is 0 Å². The summed E-state index contributed by atoms with van der Waals surface area (Å²) in [5, 5.41) is 25.4. The van der Waals surface area contributed by atoms with E-state index in [1.807, 2.05) is 12.1 Å². The van der Waals surface area contributed by atoms with Gasteiger partial charge >= 0.3 is 5.69 Å². The van der Waals surface area contributed by atoms with Crippen molar-refractivity contribution in [2.24, 2.45) is 0 Å². The first-order valence-electron chi connectivity index (χ1n) is 22.7. The third-order valence-corrected chi connectivity index (χ3v) is 11.1. The first-order valence-corrected chi connectivity index (χ1v) is 22.7. The summed E-state index contributed by atoms with van der Waals surface area (Å²) < 4.78 is 37.2. The van der Waals surface area contributed by atoms with Crippen LogP contribution in [-0.2, 0) is 37.0 Å². The molecule has 0 unspecified atom stereocenters. The van der Waals surface area contributed by atoms with Gasteiger partial charge < -0.3 is 34.3 Å². The first-order chi connectivity index (χ1) is 31.8. The largest absolute Gasteiger partial charge is 0.493 e. The van der Waals surface area contributed by atoms with Gasteiger partial charge in [-0.15, -0.1) is 0 Å². The van der Waals surface area contributed by atoms with Gasteiger partial charge in [-0.3, -0.25) is 14.9 Å². The van der Waals surface area contributed by atoms with Crippen molar-refractivity contribution in [2.75, 3.05) is 51.9 Å². The van der Waals surface area contributed by atoms with Gasteiger partial charge in [0.05, 0.1) is 43.6 Å². The zero-order valence-corrected chi connectivity index (χ0v) is 38.1.